The molecule has 1 saturated carbocycles. The van der Waals surface area contributed by atoms with Crippen LogP contribution in [0.25, 0.3) is 0 Å². The minimum Gasteiger partial charge on any atom is -0.388 e. The van der Waals surface area contributed by atoms with Gasteiger partial charge in [0.2, 0.25) is 0 Å². The Morgan fingerprint density at radius 1 is 1.29 bits per heavy atom. The Kier molecular flexibility index (Phi) is 5.56. The van der Waals surface area contributed by atoms with Crippen LogP contribution in [0.2, 0.25) is 0 Å². The lowest BCUT2D eigenvalue weighted by Crippen LogP contribution is -2.43. The zero-order chi connectivity index (χ0) is 15.1. The van der Waals surface area contributed by atoms with Crippen molar-refractivity contribution in [3.05, 3.63) is 35.6 Å². The first-order valence-electron chi connectivity index (χ1n) is 7.60. The predicted octanol–water partition coefficient (Wildman–Crippen LogP) is 1.84. The van der Waals surface area contributed by atoms with Crippen molar-refractivity contribution in [1.82, 2.24) is 10.6 Å². The van der Waals surface area contributed by atoms with E-state index in [1.807, 2.05) is 6.92 Å². The Hall–Kier alpha value is -1.62. The summed E-state index contributed by atoms with van der Waals surface area (Å²) in [5.74, 6) is 0.510. The summed E-state index contributed by atoms with van der Waals surface area (Å²) in [7, 11) is 0. The maximum Gasteiger partial charge on any atom is 0.191 e. The molecule has 0 spiro atoms. The smallest absolute Gasteiger partial charge is 0.191 e. The van der Waals surface area contributed by atoms with E-state index >= 15 is 0 Å². The number of rotatable bonds is 6. The summed E-state index contributed by atoms with van der Waals surface area (Å²) in [6, 6.07) is 6.53. The molecule has 0 unspecified atom stereocenters. The zero-order valence-electron chi connectivity index (χ0n) is 12.5. The lowest BCUT2D eigenvalue weighted by molar-refractivity contribution is -0.0236. The fourth-order valence-corrected chi connectivity index (χ4v) is 2.29. The van der Waals surface area contributed by atoms with Crippen LogP contribution in [0.1, 0.15) is 31.7 Å². The van der Waals surface area contributed by atoms with Gasteiger partial charge in [0.1, 0.15) is 5.82 Å². The van der Waals surface area contributed by atoms with E-state index in [1.54, 1.807) is 12.1 Å². The number of halogens is 1. The lowest BCUT2D eigenvalue weighted by atomic mass is 9.80. The van der Waals surface area contributed by atoms with Gasteiger partial charge in [0.15, 0.2) is 5.96 Å². The van der Waals surface area contributed by atoms with Gasteiger partial charge in [-0.3, -0.25) is 4.99 Å². The molecule has 21 heavy (non-hydrogen) atoms. The first-order valence-corrected chi connectivity index (χ1v) is 7.60. The van der Waals surface area contributed by atoms with E-state index in [0.717, 1.165) is 50.3 Å². The number of hydrogen-bond acceptors (Lipinski definition) is 2. The summed E-state index contributed by atoms with van der Waals surface area (Å²) in [4.78, 5) is 4.44. The Balaban J connectivity index is 1.79. The summed E-state index contributed by atoms with van der Waals surface area (Å²) < 4.78 is 12.8. The van der Waals surface area contributed by atoms with Crippen molar-refractivity contribution < 1.29 is 9.50 Å². The molecule has 0 aromatic heterocycles. The first-order chi connectivity index (χ1) is 10.1. The van der Waals surface area contributed by atoms with Crippen LogP contribution >= 0.6 is 0 Å². The van der Waals surface area contributed by atoms with Gasteiger partial charge in [-0.2, -0.15) is 0 Å². The van der Waals surface area contributed by atoms with E-state index in [2.05, 4.69) is 15.6 Å². The molecule has 1 aliphatic rings. The molecule has 0 amide bonds. The topological polar surface area (TPSA) is 56.7 Å². The molecule has 0 atom stereocenters. The highest BCUT2D eigenvalue weighted by molar-refractivity contribution is 5.79. The van der Waals surface area contributed by atoms with Crippen molar-refractivity contribution in [2.45, 2.75) is 38.2 Å². The molecule has 0 radical (unpaired) electrons. The van der Waals surface area contributed by atoms with Crippen LogP contribution in [0.4, 0.5) is 4.39 Å². The van der Waals surface area contributed by atoms with Crippen LogP contribution in [0, 0.1) is 5.82 Å². The van der Waals surface area contributed by atoms with Gasteiger partial charge in [0, 0.05) is 13.1 Å². The normalized spacial score (nSPS) is 17.2. The Labute approximate surface area is 125 Å². The second-order valence-corrected chi connectivity index (χ2v) is 5.58. The molecule has 1 aliphatic carbocycles. The van der Waals surface area contributed by atoms with Gasteiger partial charge in [-0.15, -0.1) is 0 Å². The predicted molar refractivity (Wildman–Crippen MR) is 82.9 cm³/mol. The largest absolute Gasteiger partial charge is 0.388 e. The first kappa shape index (κ1) is 15.8. The molecule has 2 rings (SSSR count). The summed E-state index contributed by atoms with van der Waals surface area (Å²) in [6.07, 6.45) is 3.56. The number of hydrogen-bond donors (Lipinski definition) is 3. The third kappa shape index (κ3) is 5.01. The fourth-order valence-electron chi connectivity index (χ4n) is 2.29. The fraction of sp³-hybridized carbons (Fsp3) is 0.562. The zero-order valence-corrected chi connectivity index (χ0v) is 12.5. The molecule has 1 aromatic carbocycles. The second kappa shape index (κ2) is 7.41. The standard InChI is InChI=1S/C16H24FN3O/c1-2-18-15(20-12-16(21)9-3-10-16)19-11-8-13-4-6-14(17)7-5-13/h4-7,21H,2-3,8-12H2,1H3,(H2,18,19,20). The molecule has 0 aliphatic heterocycles. The number of nitrogens with zero attached hydrogens (tertiary/aromatic N) is 1. The molecule has 116 valence electrons. The number of nitrogens with one attached hydrogen (secondary N) is 2. The molecule has 0 bridgehead atoms. The third-order valence-electron chi connectivity index (χ3n) is 3.78. The van der Waals surface area contributed by atoms with Gasteiger partial charge in [0.05, 0.1) is 12.1 Å². The maximum absolute atomic E-state index is 12.8. The van der Waals surface area contributed by atoms with Crippen molar-refractivity contribution in [1.29, 1.82) is 0 Å². The average molecular weight is 293 g/mol. The summed E-state index contributed by atoms with van der Waals surface area (Å²) in [5, 5.41) is 16.5. The quantitative estimate of drug-likeness (QED) is 0.554. The van der Waals surface area contributed by atoms with Gasteiger partial charge < -0.3 is 15.7 Å². The number of benzene rings is 1. The molecule has 1 fully saturated rings. The van der Waals surface area contributed by atoms with Crippen LogP contribution in [0.3, 0.4) is 0 Å². The summed E-state index contributed by atoms with van der Waals surface area (Å²) >= 11 is 0. The minimum absolute atomic E-state index is 0.213. The summed E-state index contributed by atoms with van der Waals surface area (Å²) in [6.45, 7) is 3.95. The van der Waals surface area contributed by atoms with Crippen molar-refractivity contribution in [3.8, 4) is 0 Å². The molecule has 4 nitrogen and oxygen atoms in total. The monoisotopic (exact) mass is 293 g/mol. The van der Waals surface area contributed by atoms with Gasteiger partial charge in [-0.25, -0.2) is 4.39 Å². The summed E-state index contributed by atoms with van der Waals surface area (Å²) in [5.41, 5.74) is 0.483. The molecule has 0 heterocycles. The third-order valence-corrected chi connectivity index (χ3v) is 3.78. The molecular weight excluding hydrogens is 269 g/mol. The number of aliphatic imine (C=N–C) groups is 1. The van der Waals surface area contributed by atoms with Crippen molar-refractivity contribution in [2.24, 2.45) is 4.99 Å². The molecule has 0 saturated heterocycles. The second-order valence-electron chi connectivity index (χ2n) is 5.58. The van der Waals surface area contributed by atoms with E-state index in [4.69, 9.17) is 0 Å². The molecule has 3 N–H and O–H groups in total. The Morgan fingerprint density at radius 3 is 2.57 bits per heavy atom. The van der Waals surface area contributed by atoms with Gasteiger partial charge >= 0.3 is 0 Å². The maximum atomic E-state index is 12.8. The SMILES string of the molecule is CCNC(=NCC1(O)CCC1)NCCc1ccc(F)cc1. The van der Waals surface area contributed by atoms with E-state index in [-0.39, 0.29) is 5.82 Å². The van der Waals surface area contributed by atoms with Gasteiger partial charge in [-0.1, -0.05) is 12.1 Å². The van der Waals surface area contributed by atoms with E-state index in [1.165, 1.54) is 12.1 Å². The van der Waals surface area contributed by atoms with Crippen LogP contribution < -0.4 is 10.6 Å². The Morgan fingerprint density at radius 2 is 2.00 bits per heavy atom. The number of aliphatic hydroxyl groups is 1. The van der Waals surface area contributed by atoms with E-state index in [9.17, 15) is 9.50 Å². The minimum atomic E-state index is -0.598. The van der Waals surface area contributed by atoms with E-state index in [0.29, 0.717) is 6.54 Å². The van der Waals surface area contributed by atoms with Gasteiger partial charge in [-0.05, 0) is 50.3 Å². The van der Waals surface area contributed by atoms with Crippen LogP contribution in [-0.4, -0.2) is 36.3 Å². The van der Waals surface area contributed by atoms with Crippen LogP contribution in [0.15, 0.2) is 29.3 Å². The molecule has 5 heteroatoms. The molecule has 1 aromatic rings. The van der Waals surface area contributed by atoms with Gasteiger partial charge in [0.25, 0.3) is 0 Å². The van der Waals surface area contributed by atoms with Crippen molar-refractivity contribution >= 4 is 5.96 Å². The highest BCUT2D eigenvalue weighted by atomic mass is 19.1. The highest BCUT2D eigenvalue weighted by Crippen LogP contribution is 2.31. The molecular formula is C16H24FN3O. The van der Waals surface area contributed by atoms with Crippen molar-refractivity contribution in [2.75, 3.05) is 19.6 Å². The highest BCUT2D eigenvalue weighted by Gasteiger charge is 2.34. The average Bonchev–Trinajstić information content (AvgIpc) is 2.45. The Bertz CT molecular complexity index is 469. The van der Waals surface area contributed by atoms with Crippen LogP contribution in [0.5, 0.6) is 0 Å². The van der Waals surface area contributed by atoms with E-state index < -0.39 is 5.60 Å². The number of guanidine groups is 1. The van der Waals surface area contributed by atoms with Crippen molar-refractivity contribution in [3.63, 3.8) is 0 Å². The van der Waals surface area contributed by atoms with Crippen LogP contribution in [-0.2, 0) is 6.42 Å². The lowest BCUT2D eigenvalue weighted by Gasteiger charge is -2.35.